The second-order valence-corrected chi connectivity index (χ2v) is 9.07. The van der Waals surface area contributed by atoms with Crippen LogP contribution in [0, 0.1) is 0 Å². The molecule has 2 aromatic rings. The van der Waals surface area contributed by atoms with Crippen LogP contribution < -0.4 is 20.9 Å². The molecule has 0 spiro atoms. The highest BCUT2D eigenvalue weighted by molar-refractivity contribution is 7.92. The normalized spacial score (nSPS) is 20.7. The highest BCUT2D eigenvalue weighted by Crippen LogP contribution is 2.34. The molecule has 1 fully saturated rings. The zero-order chi connectivity index (χ0) is 20.6. The Morgan fingerprint density at radius 3 is 2.66 bits per heavy atom. The minimum atomic E-state index is -3.85. The Labute approximate surface area is 169 Å². The van der Waals surface area contributed by atoms with E-state index in [0.717, 1.165) is 5.56 Å². The Kier molecular flexibility index (Phi) is 4.91. The fourth-order valence-electron chi connectivity index (χ4n) is 3.81. The van der Waals surface area contributed by atoms with Crippen LogP contribution in [0.1, 0.15) is 24.1 Å². The summed E-state index contributed by atoms with van der Waals surface area (Å²) >= 11 is 0. The number of anilines is 1. The number of fused-ring (bicyclic) bond motifs is 1. The van der Waals surface area contributed by atoms with Crippen LogP contribution in [0.25, 0.3) is 0 Å². The van der Waals surface area contributed by atoms with Crippen LogP contribution in [0.5, 0.6) is 0 Å². The van der Waals surface area contributed by atoms with Crippen molar-refractivity contribution in [2.24, 2.45) is 0 Å². The standard InChI is InChI=1S/C20H22N4O4S/c1-2-21-20(26)24-11-10-14-12-15(8-9-16(14)24)29(27,28)18-17(22-19(25)23-18)13-6-4-3-5-7-13/h3-9,12,17-18H,2,10-11H2,1H3,(H,21,26)(H2,22,23,25). The highest BCUT2D eigenvalue weighted by atomic mass is 32.2. The van der Waals surface area contributed by atoms with Crippen molar-refractivity contribution in [1.29, 1.82) is 0 Å². The molecule has 3 N–H and O–H groups in total. The lowest BCUT2D eigenvalue weighted by Gasteiger charge is -2.20. The summed E-state index contributed by atoms with van der Waals surface area (Å²) in [5, 5.41) is 6.88. The Balaban J connectivity index is 1.66. The molecule has 0 aliphatic carbocycles. The van der Waals surface area contributed by atoms with Gasteiger partial charge in [-0.25, -0.2) is 18.0 Å². The van der Waals surface area contributed by atoms with E-state index in [1.54, 1.807) is 41.3 Å². The summed E-state index contributed by atoms with van der Waals surface area (Å²) in [4.78, 5) is 25.9. The fourth-order valence-corrected chi connectivity index (χ4v) is 5.51. The van der Waals surface area contributed by atoms with Crippen molar-refractivity contribution in [2.45, 2.75) is 29.7 Å². The quantitative estimate of drug-likeness (QED) is 0.710. The molecule has 2 heterocycles. The lowest BCUT2D eigenvalue weighted by molar-refractivity contribution is 0.246. The topological polar surface area (TPSA) is 108 Å². The molecule has 9 heteroatoms. The fraction of sp³-hybridized carbons (Fsp3) is 0.300. The maximum atomic E-state index is 13.3. The smallest absolute Gasteiger partial charge is 0.321 e. The van der Waals surface area contributed by atoms with E-state index in [-0.39, 0.29) is 10.9 Å². The summed E-state index contributed by atoms with van der Waals surface area (Å²) in [6.45, 7) is 2.86. The van der Waals surface area contributed by atoms with Gasteiger partial charge in [0.2, 0.25) is 9.84 Å². The molecule has 152 valence electrons. The van der Waals surface area contributed by atoms with E-state index in [2.05, 4.69) is 16.0 Å². The molecular weight excluding hydrogens is 392 g/mol. The molecule has 2 aliphatic rings. The minimum Gasteiger partial charge on any atom is -0.338 e. The number of hydrogen-bond donors (Lipinski definition) is 3. The lowest BCUT2D eigenvalue weighted by Crippen LogP contribution is -2.38. The first-order valence-electron chi connectivity index (χ1n) is 9.46. The van der Waals surface area contributed by atoms with Gasteiger partial charge in [0, 0.05) is 18.8 Å². The number of carbonyl (C=O) groups is 2. The van der Waals surface area contributed by atoms with Gasteiger partial charge < -0.3 is 16.0 Å². The molecule has 1 saturated heterocycles. The van der Waals surface area contributed by atoms with Gasteiger partial charge in [0.25, 0.3) is 0 Å². The van der Waals surface area contributed by atoms with Gasteiger partial charge in [-0.05, 0) is 42.7 Å². The Bertz CT molecular complexity index is 1060. The van der Waals surface area contributed by atoms with Crippen LogP contribution in [0.3, 0.4) is 0 Å². The van der Waals surface area contributed by atoms with E-state index in [4.69, 9.17) is 0 Å². The molecule has 29 heavy (non-hydrogen) atoms. The third-order valence-corrected chi connectivity index (χ3v) is 7.17. The predicted molar refractivity (Wildman–Crippen MR) is 108 cm³/mol. The van der Waals surface area contributed by atoms with Crippen LogP contribution in [-0.2, 0) is 16.3 Å². The highest BCUT2D eigenvalue weighted by Gasteiger charge is 2.43. The predicted octanol–water partition coefficient (Wildman–Crippen LogP) is 1.93. The average Bonchev–Trinajstić information content (AvgIpc) is 3.32. The summed E-state index contributed by atoms with van der Waals surface area (Å²) in [6.07, 6.45) is 0.577. The van der Waals surface area contributed by atoms with Crippen molar-refractivity contribution >= 4 is 27.6 Å². The van der Waals surface area contributed by atoms with Gasteiger partial charge in [-0.1, -0.05) is 30.3 Å². The summed E-state index contributed by atoms with van der Waals surface area (Å²) < 4.78 is 26.7. The molecule has 4 amide bonds. The zero-order valence-electron chi connectivity index (χ0n) is 15.9. The molecule has 2 aliphatic heterocycles. The molecule has 0 saturated carbocycles. The van der Waals surface area contributed by atoms with Gasteiger partial charge in [0.15, 0.2) is 5.37 Å². The Morgan fingerprint density at radius 2 is 1.93 bits per heavy atom. The first-order chi connectivity index (χ1) is 13.9. The average molecular weight is 414 g/mol. The minimum absolute atomic E-state index is 0.129. The van der Waals surface area contributed by atoms with Gasteiger partial charge in [-0.15, -0.1) is 0 Å². The monoisotopic (exact) mass is 414 g/mol. The molecule has 4 rings (SSSR count). The number of sulfone groups is 1. The van der Waals surface area contributed by atoms with Gasteiger partial charge >= 0.3 is 12.1 Å². The number of rotatable bonds is 4. The van der Waals surface area contributed by atoms with Crippen molar-refractivity contribution in [3.05, 3.63) is 59.7 Å². The SMILES string of the molecule is CCNC(=O)N1CCc2cc(S(=O)(=O)C3NC(=O)NC3c3ccccc3)ccc21. The number of carbonyl (C=O) groups excluding carboxylic acids is 2. The van der Waals surface area contributed by atoms with Crippen molar-refractivity contribution in [3.8, 4) is 0 Å². The van der Waals surface area contributed by atoms with E-state index in [9.17, 15) is 18.0 Å². The Morgan fingerprint density at radius 1 is 1.17 bits per heavy atom. The molecule has 2 atom stereocenters. The van der Waals surface area contributed by atoms with Crippen LogP contribution >= 0.6 is 0 Å². The molecule has 0 aromatic heterocycles. The maximum absolute atomic E-state index is 13.3. The van der Waals surface area contributed by atoms with Crippen LogP contribution in [-0.4, -0.2) is 38.9 Å². The van der Waals surface area contributed by atoms with Crippen molar-refractivity contribution in [1.82, 2.24) is 16.0 Å². The van der Waals surface area contributed by atoms with E-state index in [1.165, 1.54) is 6.07 Å². The van der Waals surface area contributed by atoms with Gasteiger partial charge in [-0.2, -0.15) is 0 Å². The molecule has 2 aromatic carbocycles. The van der Waals surface area contributed by atoms with Crippen LogP contribution in [0.15, 0.2) is 53.4 Å². The van der Waals surface area contributed by atoms with Crippen molar-refractivity contribution in [3.63, 3.8) is 0 Å². The van der Waals surface area contributed by atoms with Crippen molar-refractivity contribution in [2.75, 3.05) is 18.0 Å². The van der Waals surface area contributed by atoms with Crippen LogP contribution in [0.4, 0.5) is 15.3 Å². The van der Waals surface area contributed by atoms with Gasteiger partial charge in [0.1, 0.15) is 0 Å². The summed E-state index contributed by atoms with van der Waals surface area (Å²) in [5.41, 5.74) is 2.22. The second kappa shape index (κ2) is 7.40. The van der Waals surface area contributed by atoms with Crippen LogP contribution in [0.2, 0.25) is 0 Å². The molecule has 0 radical (unpaired) electrons. The summed E-state index contributed by atoms with van der Waals surface area (Å²) in [5.74, 6) is 0. The number of hydrogen-bond acceptors (Lipinski definition) is 4. The lowest BCUT2D eigenvalue weighted by atomic mass is 10.1. The third kappa shape index (κ3) is 3.42. The number of nitrogens with one attached hydrogen (secondary N) is 3. The zero-order valence-corrected chi connectivity index (χ0v) is 16.7. The van der Waals surface area contributed by atoms with E-state index < -0.39 is 27.3 Å². The molecular formula is C20H22N4O4S. The molecule has 2 unspecified atom stereocenters. The largest absolute Gasteiger partial charge is 0.338 e. The van der Waals surface area contributed by atoms with E-state index in [0.29, 0.717) is 30.8 Å². The second-order valence-electron chi connectivity index (χ2n) is 7.00. The Hall–Kier alpha value is -3.07. The number of amides is 4. The number of nitrogens with zero attached hydrogens (tertiary/aromatic N) is 1. The maximum Gasteiger partial charge on any atom is 0.321 e. The summed E-state index contributed by atoms with van der Waals surface area (Å²) in [6, 6.07) is 12.4. The van der Waals surface area contributed by atoms with Gasteiger partial charge in [0.05, 0.1) is 10.9 Å². The number of urea groups is 2. The van der Waals surface area contributed by atoms with E-state index >= 15 is 0 Å². The van der Waals surface area contributed by atoms with Crippen molar-refractivity contribution < 1.29 is 18.0 Å². The number of benzene rings is 2. The molecule has 0 bridgehead atoms. The van der Waals surface area contributed by atoms with E-state index in [1.807, 2.05) is 13.0 Å². The summed E-state index contributed by atoms with van der Waals surface area (Å²) in [7, 11) is -3.85. The first kappa shape index (κ1) is 19.3. The third-order valence-electron chi connectivity index (χ3n) is 5.20. The van der Waals surface area contributed by atoms with Gasteiger partial charge in [-0.3, -0.25) is 4.90 Å². The first-order valence-corrected chi connectivity index (χ1v) is 11.0. The molecule has 8 nitrogen and oxygen atoms in total.